The summed E-state index contributed by atoms with van der Waals surface area (Å²) in [4.78, 5) is 32.5. The van der Waals surface area contributed by atoms with E-state index in [9.17, 15) is 4.79 Å². The van der Waals surface area contributed by atoms with Crippen LogP contribution in [0.1, 0.15) is 48.6 Å². The van der Waals surface area contributed by atoms with Gasteiger partial charge >= 0.3 is 12.2 Å². The number of nitrogens with zero attached hydrogens (tertiary/aromatic N) is 1. The average Bonchev–Trinajstić information content (AvgIpc) is 3.60. The van der Waals surface area contributed by atoms with Crippen LogP contribution in [0.5, 0.6) is 0 Å². The first-order valence-corrected chi connectivity index (χ1v) is 12.7. The Morgan fingerprint density at radius 3 is 2.41 bits per heavy atom. The number of anilines is 1. The molecule has 1 amide bonds. The van der Waals surface area contributed by atoms with Crippen molar-refractivity contribution in [3.63, 3.8) is 0 Å². The van der Waals surface area contributed by atoms with Gasteiger partial charge < -0.3 is 14.2 Å². The van der Waals surface area contributed by atoms with Gasteiger partial charge in [-0.3, -0.25) is 5.32 Å². The zero-order valence-electron chi connectivity index (χ0n) is 21.6. The van der Waals surface area contributed by atoms with Crippen molar-refractivity contribution in [2.24, 2.45) is 0 Å². The smallest absolute Gasteiger partial charge is 0.412 e. The molecule has 2 aromatic heterocycles. The number of aromatic amines is 1. The highest BCUT2D eigenvalue weighted by Crippen LogP contribution is 2.43. The largest absolute Gasteiger partial charge is 0.441 e. The van der Waals surface area contributed by atoms with E-state index in [2.05, 4.69) is 39.7 Å². The number of hydrogen-bond donors (Lipinski definition) is 2. The summed E-state index contributed by atoms with van der Waals surface area (Å²) in [6.07, 6.45) is 1.85. The molecular weight excluding hydrogens is 494 g/mol. The van der Waals surface area contributed by atoms with Crippen LogP contribution in [-0.2, 0) is 14.3 Å². The summed E-state index contributed by atoms with van der Waals surface area (Å²) in [6.45, 7) is 3.63. The number of benzene rings is 3. The lowest BCUT2D eigenvalue weighted by Crippen LogP contribution is -2.16. The Hall–Kier alpha value is -4.94. The van der Waals surface area contributed by atoms with Crippen LogP contribution in [0, 0.1) is 6.92 Å². The fraction of sp³-hybridized carbons (Fsp3) is 0.194. The molecule has 1 atom stereocenters. The lowest BCUT2D eigenvalue weighted by molar-refractivity contribution is -0.191. The molecule has 196 valence electrons. The monoisotopic (exact) mass is 521 g/mol. The Morgan fingerprint density at radius 2 is 1.72 bits per heavy atom. The minimum absolute atomic E-state index is 0.250. The van der Waals surface area contributed by atoms with Gasteiger partial charge in [0, 0.05) is 22.2 Å². The second-order valence-electron chi connectivity index (χ2n) is 9.48. The third kappa shape index (κ3) is 5.66. The molecule has 5 aromatic rings. The van der Waals surface area contributed by atoms with Gasteiger partial charge in [-0.05, 0) is 55.4 Å². The number of aryl methyl sites for hydroxylation is 1. The third-order valence-corrected chi connectivity index (χ3v) is 6.81. The number of amides is 1. The van der Waals surface area contributed by atoms with Crippen LogP contribution in [-0.4, -0.2) is 22.4 Å². The maximum Gasteiger partial charge on any atom is 0.412 e. The highest BCUT2D eigenvalue weighted by Gasteiger charge is 2.26. The maximum absolute atomic E-state index is 12.6. The second-order valence-corrected chi connectivity index (χ2v) is 9.48. The number of carbonyl (C=O) groups is 1. The van der Waals surface area contributed by atoms with Crippen LogP contribution in [0.3, 0.4) is 0 Å². The Balaban J connectivity index is 0.000000983. The third-order valence-electron chi connectivity index (χ3n) is 6.81. The highest BCUT2D eigenvalue weighted by atomic mass is 16.6. The average molecular weight is 522 g/mol. The summed E-state index contributed by atoms with van der Waals surface area (Å²) in [5.41, 5.74) is 7.65. The fourth-order valence-corrected chi connectivity index (χ4v) is 4.67. The molecule has 0 aliphatic heterocycles. The quantitative estimate of drug-likeness (QED) is 0.241. The molecule has 6 rings (SSSR count). The van der Waals surface area contributed by atoms with Crippen molar-refractivity contribution in [1.29, 1.82) is 0 Å². The number of carbonyl (C=O) groups excluding carboxylic acids is 3. The molecule has 3 aromatic carbocycles. The van der Waals surface area contributed by atoms with Crippen molar-refractivity contribution in [2.75, 3.05) is 5.32 Å². The van der Waals surface area contributed by atoms with Gasteiger partial charge in [-0.15, -0.1) is 0 Å². The number of aromatic nitrogens is 2. The molecule has 1 aliphatic rings. The van der Waals surface area contributed by atoms with Gasteiger partial charge in [0.05, 0.1) is 0 Å². The summed E-state index contributed by atoms with van der Waals surface area (Å²) >= 11 is 0. The SMILES string of the molecule is Cc1noc(-c2ccc(-c3cc4cccc(C5CC5)c4[nH]3)cc2)c1NC(=O)OC(C)c1ccccc1.O=C=O. The maximum atomic E-state index is 12.6. The Labute approximate surface area is 225 Å². The number of ether oxygens (including phenoxy) is 1. The molecule has 2 N–H and O–H groups in total. The van der Waals surface area contributed by atoms with Gasteiger partial charge in [-0.2, -0.15) is 9.59 Å². The first kappa shape index (κ1) is 25.7. The summed E-state index contributed by atoms with van der Waals surface area (Å²) < 4.78 is 11.2. The van der Waals surface area contributed by atoms with Gasteiger partial charge in [-0.1, -0.05) is 78.0 Å². The molecule has 1 saturated carbocycles. The molecule has 8 heteroatoms. The van der Waals surface area contributed by atoms with Crippen LogP contribution in [0.15, 0.2) is 83.4 Å². The molecule has 1 aliphatic carbocycles. The zero-order valence-corrected chi connectivity index (χ0v) is 21.6. The highest BCUT2D eigenvalue weighted by molar-refractivity contribution is 5.92. The number of fused-ring (bicyclic) bond motifs is 1. The van der Waals surface area contributed by atoms with Crippen molar-refractivity contribution in [2.45, 2.75) is 38.7 Å². The Morgan fingerprint density at radius 1 is 1.03 bits per heavy atom. The van der Waals surface area contributed by atoms with Crippen LogP contribution in [0.25, 0.3) is 33.5 Å². The van der Waals surface area contributed by atoms with E-state index < -0.39 is 6.09 Å². The van der Waals surface area contributed by atoms with E-state index in [0.717, 1.165) is 22.4 Å². The van der Waals surface area contributed by atoms with Crippen molar-refractivity contribution in [3.05, 3.63) is 95.7 Å². The van der Waals surface area contributed by atoms with E-state index in [4.69, 9.17) is 18.8 Å². The predicted molar refractivity (Wildman–Crippen MR) is 146 cm³/mol. The summed E-state index contributed by atoms with van der Waals surface area (Å²) in [5.74, 6) is 1.18. The Bertz CT molecular complexity index is 1630. The molecule has 0 saturated heterocycles. The molecule has 2 heterocycles. The second kappa shape index (κ2) is 11.2. The molecule has 0 bridgehead atoms. The van der Waals surface area contributed by atoms with Crippen LogP contribution in [0.4, 0.5) is 10.5 Å². The standard InChI is InChI=1S/C30H27N3O3.CO2/c1-18-27(32-30(34)35-19(2)20-7-4-3-5-8-20)29(36-33-18)23-15-13-22(14-16-23)26-17-24-9-6-10-25(21-11-12-21)28(24)31-26;2-1-3/h3-10,13-17,19,21,31H,11-12H2,1-2H3,(H,32,34);. The summed E-state index contributed by atoms with van der Waals surface area (Å²) in [5, 5.41) is 8.13. The summed E-state index contributed by atoms with van der Waals surface area (Å²) in [7, 11) is 0. The first-order chi connectivity index (χ1) is 19.0. The molecule has 1 unspecified atom stereocenters. The lowest BCUT2D eigenvalue weighted by atomic mass is 10.1. The van der Waals surface area contributed by atoms with Crippen molar-refractivity contribution >= 4 is 28.8 Å². The van der Waals surface area contributed by atoms with E-state index in [1.54, 1.807) is 6.92 Å². The van der Waals surface area contributed by atoms with Crippen molar-refractivity contribution < 1.29 is 23.6 Å². The van der Waals surface area contributed by atoms with E-state index >= 15 is 0 Å². The van der Waals surface area contributed by atoms with E-state index in [0.29, 0.717) is 23.1 Å². The minimum atomic E-state index is -0.555. The topological polar surface area (TPSA) is 114 Å². The molecule has 1 fully saturated rings. The van der Waals surface area contributed by atoms with Crippen molar-refractivity contribution in [1.82, 2.24) is 10.1 Å². The van der Waals surface area contributed by atoms with Gasteiger partial charge in [0.2, 0.25) is 0 Å². The number of rotatable bonds is 6. The van der Waals surface area contributed by atoms with Crippen LogP contribution in [0.2, 0.25) is 0 Å². The zero-order chi connectivity index (χ0) is 27.4. The number of para-hydroxylation sites is 1. The number of nitrogens with one attached hydrogen (secondary N) is 2. The van der Waals surface area contributed by atoms with E-state index in [1.165, 1.54) is 29.3 Å². The molecule has 39 heavy (non-hydrogen) atoms. The molecule has 8 nitrogen and oxygen atoms in total. The number of H-pyrrole nitrogens is 1. The first-order valence-electron chi connectivity index (χ1n) is 12.7. The Kier molecular flexibility index (Phi) is 7.39. The van der Waals surface area contributed by atoms with Gasteiger partial charge in [0.15, 0.2) is 5.76 Å². The summed E-state index contributed by atoms with van der Waals surface area (Å²) in [6, 6.07) is 26.4. The van der Waals surface area contributed by atoms with Gasteiger partial charge in [-0.25, -0.2) is 4.79 Å². The molecule has 0 radical (unpaired) electrons. The fourth-order valence-electron chi connectivity index (χ4n) is 4.67. The predicted octanol–water partition coefficient (Wildman–Crippen LogP) is 7.40. The van der Waals surface area contributed by atoms with E-state index in [1.807, 2.05) is 61.5 Å². The van der Waals surface area contributed by atoms with Crippen LogP contribution < -0.4 is 5.32 Å². The van der Waals surface area contributed by atoms with Crippen molar-refractivity contribution in [3.8, 4) is 22.6 Å². The van der Waals surface area contributed by atoms with Crippen LogP contribution >= 0.6 is 0 Å². The number of hydrogen-bond acceptors (Lipinski definition) is 6. The van der Waals surface area contributed by atoms with E-state index in [-0.39, 0.29) is 12.3 Å². The molecule has 0 spiro atoms. The normalized spacial score (nSPS) is 13.2. The van der Waals surface area contributed by atoms with Gasteiger partial charge in [0.25, 0.3) is 0 Å². The van der Waals surface area contributed by atoms with Gasteiger partial charge in [0.1, 0.15) is 17.5 Å². The minimum Gasteiger partial charge on any atom is -0.441 e. The molecular formula is C31H27N3O5. The lowest BCUT2D eigenvalue weighted by Gasteiger charge is -2.14.